The van der Waals surface area contributed by atoms with Crippen molar-refractivity contribution in [2.45, 2.75) is 26.4 Å². The molecule has 3 rings (SSSR count). The van der Waals surface area contributed by atoms with E-state index < -0.39 is 4.92 Å². The van der Waals surface area contributed by atoms with Crippen LogP contribution in [0.1, 0.15) is 18.1 Å². The number of methoxy groups -OCH3 is 1. The first-order valence-electron chi connectivity index (χ1n) is 10.0. The minimum atomic E-state index is -0.494. The van der Waals surface area contributed by atoms with Crippen molar-refractivity contribution in [3.05, 3.63) is 63.7 Å². The first-order chi connectivity index (χ1) is 14.4. The molecule has 1 unspecified atom stereocenters. The van der Waals surface area contributed by atoms with Crippen LogP contribution in [0.2, 0.25) is 0 Å². The second-order valence-corrected chi connectivity index (χ2v) is 7.55. The number of nitro benzene ring substituents is 1. The molecular formula is C22H28N4O4. The van der Waals surface area contributed by atoms with Gasteiger partial charge >= 0.3 is 0 Å². The molecule has 8 heteroatoms. The molecule has 1 amide bonds. The van der Waals surface area contributed by atoms with E-state index in [9.17, 15) is 14.9 Å². The lowest BCUT2D eigenvalue weighted by molar-refractivity contribution is -0.384. The Kier molecular flexibility index (Phi) is 7.02. The molecule has 1 atom stereocenters. The summed E-state index contributed by atoms with van der Waals surface area (Å²) in [4.78, 5) is 27.9. The van der Waals surface area contributed by atoms with Crippen molar-refractivity contribution in [1.29, 1.82) is 0 Å². The van der Waals surface area contributed by atoms with Gasteiger partial charge in [-0.2, -0.15) is 0 Å². The first-order valence-corrected chi connectivity index (χ1v) is 10.0. The Bertz CT molecular complexity index is 910. The zero-order valence-corrected chi connectivity index (χ0v) is 17.6. The minimum Gasteiger partial charge on any atom is -0.495 e. The number of nitrogens with one attached hydrogen (secondary N) is 1. The van der Waals surface area contributed by atoms with Crippen molar-refractivity contribution in [1.82, 2.24) is 9.80 Å². The summed E-state index contributed by atoms with van der Waals surface area (Å²) < 4.78 is 5.23. The number of nitro groups is 1. The lowest BCUT2D eigenvalue weighted by Crippen LogP contribution is -2.52. The van der Waals surface area contributed by atoms with Gasteiger partial charge in [-0.15, -0.1) is 0 Å². The number of amides is 1. The van der Waals surface area contributed by atoms with E-state index in [0.29, 0.717) is 11.4 Å². The maximum Gasteiger partial charge on any atom is 0.271 e. The fraction of sp³-hybridized carbons (Fsp3) is 0.409. The number of hydrogen-bond donors (Lipinski definition) is 1. The quantitative estimate of drug-likeness (QED) is 0.556. The summed E-state index contributed by atoms with van der Waals surface area (Å²) in [6.07, 6.45) is 0. The highest BCUT2D eigenvalue weighted by atomic mass is 16.6. The van der Waals surface area contributed by atoms with E-state index in [1.165, 1.54) is 36.4 Å². The summed E-state index contributed by atoms with van der Waals surface area (Å²) in [5, 5.41) is 13.8. The molecule has 0 saturated carbocycles. The zero-order chi connectivity index (χ0) is 21.7. The Labute approximate surface area is 176 Å². The number of ether oxygens (including phenoxy) is 1. The SMILES string of the molecule is COc1ccc([N+](=O)[O-])cc1NC(=O)C(C)N1CCN(Cc2ccccc2C)CC1. The number of anilines is 1. The van der Waals surface area contributed by atoms with Crippen molar-refractivity contribution in [2.75, 3.05) is 38.6 Å². The average Bonchev–Trinajstić information content (AvgIpc) is 2.75. The summed E-state index contributed by atoms with van der Waals surface area (Å²) in [7, 11) is 1.47. The highest BCUT2D eigenvalue weighted by molar-refractivity contribution is 5.96. The van der Waals surface area contributed by atoms with Gasteiger partial charge in [-0.1, -0.05) is 24.3 Å². The third-order valence-electron chi connectivity index (χ3n) is 5.64. The van der Waals surface area contributed by atoms with Crippen LogP contribution >= 0.6 is 0 Å². The molecule has 8 nitrogen and oxygen atoms in total. The lowest BCUT2D eigenvalue weighted by Gasteiger charge is -2.37. The van der Waals surface area contributed by atoms with Crippen molar-refractivity contribution >= 4 is 17.3 Å². The van der Waals surface area contributed by atoms with Gasteiger partial charge in [0.05, 0.1) is 23.8 Å². The van der Waals surface area contributed by atoms with E-state index in [2.05, 4.69) is 40.2 Å². The van der Waals surface area contributed by atoms with Crippen LogP contribution in [0.25, 0.3) is 0 Å². The standard InChI is InChI=1S/C22H28N4O4/c1-16-6-4-5-7-18(16)15-24-10-12-25(13-11-24)17(2)22(27)23-20-14-19(26(28)29)8-9-21(20)30-3/h4-9,14,17H,10-13,15H2,1-3H3,(H,23,27). The maximum atomic E-state index is 12.8. The van der Waals surface area contributed by atoms with Crippen molar-refractivity contribution in [3.63, 3.8) is 0 Å². The molecule has 0 spiro atoms. The highest BCUT2D eigenvalue weighted by Crippen LogP contribution is 2.29. The van der Waals surface area contributed by atoms with Gasteiger partial charge in [0.25, 0.3) is 5.69 Å². The van der Waals surface area contributed by atoms with Crippen LogP contribution in [0.4, 0.5) is 11.4 Å². The summed E-state index contributed by atoms with van der Waals surface area (Å²) in [6, 6.07) is 12.2. The molecule has 1 aliphatic heterocycles. The molecule has 160 valence electrons. The molecule has 1 N–H and O–H groups in total. The maximum absolute atomic E-state index is 12.8. The summed E-state index contributed by atoms with van der Waals surface area (Å²) in [5.74, 6) is 0.186. The van der Waals surface area contributed by atoms with Gasteiger partial charge in [0.1, 0.15) is 5.75 Å². The molecule has 1 heterocycles. The molecule has 0 aromatic heterocycles. The Morgan fingerprint density at radius 2 is 1.90 bits per heavy atom. The van der Waals surface area contributed by atoms with Gasteiger partial charge in [-0.3, -0.25) is 24.7 Å². The van der Waals surface area contributed by atoms with Crippen LogP contribution < -0.4 is 10.1 Å². The largest absolute Gasteiger partial charge is 0.495 e. The number of nitrogens with zero attached hydrogens (tertiary/aromatic N) is 3. The van der Waals surface area contributed by atoms with Crippen LogP contribution in [0, 0.1) is 17.0 Å². The van der Waals surface area contributed by atoms with E-state index >= 15 is 0 Å². The molecule has 30 heavy (non-hydrogen) atoms. The first kappa shape index (κ1) is 21.7. The number of hydrogen-bond acceptors (Lipinski definition) is 6. The van der Waals surface area contributed by atoms with Gasteiger partial charge in [0.15, 0.2) is 0 Å². The van der Waals surface area contributed by atoms with Gasteiger partial charge in [0, 0.05) is 44.9 Å². The predicted octanol–water partition coefficient (Wildman–Crippen LogP) is 3.06. The van der Waals surface area contributed by atoms with Crippen LogP contribution in [0.3, 0.4) is 0 Å². The van der Waals surface area contributed by atoms with Crippen LogP contribution in [-0.4, -0.2) is 60.0 Å². The number of carbonyl (C=O) groups is 1. The highest BCUT2D eigenvalue weighted by Gasteiger charge is 2.26. The van der Waals surface area contributed by atoms with Crippen molar-refractivity contribution in [3.8, 4) is 5.75 Å². The predicted molar refractivity (Wildman–Crippen MR) is 116 cm³/mol. The summed E-state index contributed by atoms with van der Waals surface area (Å²) >= 11 is 0. The second kappa shape index (κ2) is 9.69. The minimum absolute atomic E-state index is 0.0939. The van der Waals surface area contributed by atoms with E-state index in [-0.39, 0.29) is 17.6 Å². The van der Waals surface area contributed by atoms with E-state index in [4.69, 9.17) is 4.74 Å². The Hall–Kier alpha value is -2.97. The van der Waals surface area contributed by atoms with Crippen LogP contribution in [0.5, 0.6) is 5.75 Å². The Morgan fingerprint density at radius 1 is 1.20 bits per heavy atom. The topological polar surface area (TPSA) is 87.9 Å². The van der Waals surface area contributed by atoms with Gasteiger partial charge in [-0.05, 0) is 31.0 Å². The van der Waals surface area contributed by atoms with Gasteiger partial charge in [-0.25, -0.2) is 0 Å². The fourth-order valence-corrected chi connectivity index (χ4v) is 3.65. The fourth-order valence-electron chi connectivity index (χ4n) is 3.65. The molecule has 1 saturated heterocycles. The number of carbonyl (C=O) groups excluding carboxylic acids is 1. The van der Waals surface area contributed by atoms with Gasteiger partial charge in [0.2, 0.25) is 5.91 Å². The monoisotopic (exact) mass is 412 g/mol. The van der Waals surface area contributed by atoms with E-state index in [1.807, 2.05) is 13.0 Å². The molecule has 2 aromatic rings. The lowest BCUT2D eigenvalue weighted by atomic mass is 10.1. The Morgan fingerprint density at radius 3 is 2.53 bits per heavy atom. The average molecular weight is 412 g/mol. The third-order valence-corrected chi connectivity index (χ3v) is 5.64. The van der Waals surface area contributed by atoms with Crippen molar-refractivity contribution in [2.24, 2.45) is 0 Å². The number of non-ortho nitro benzene ring substituents is 1. The van der Waals surface area contributed by atoms with E-state index in [0.717, 1.165) is 32.7 Å². The number of aryl methyl sites for hydroxylation is 1. The van der Waals surface area contributed by atoms with Crippen molar-refractivity contribution < 1.29 is 14.5 Å². The molecule has 1 aliphatic rings. The molecular weight excluding hydrogens is 384 g/mol. The molecule has 0 radical (unpaired) electrons. The van der Waals surface area contributed by atoms with Crippen LogP contribution in [0.15, 0.2) is 42.5 Å². The van der Waals surface area contributed by atoms with E-state index in [1.54, 1.807) is 0 Å². The number of rotatable bonds is 7. The Balaban J connectivity index is 1.58. The zero-order valence-electron chi connectivity index (χ0n) is 17.6. The summed E-state index contributed by atoms with van der Waals surface area (Å²) in [6.45, 7) is 8.22. The summed E-state index contributed by atoms with van der Waals surface area (Å²) in [5.41, 5.74) is 2.83. The molecule has 1 fully saturated rings. The van der Waals surface area contributed by atoms with Crippen LogP contribution in [-0.2, 0) is 11.3 Å². The van der Waals surface area contributed by atoms with Gasteiger partial charge < -0.3 is 10.1 Å². The molecule has 2 aromatic carbocycles. The smallest absolute Gasteiger partial charge is 0.271 e. The number of piperazine rings is 1. The molecule has 0 aliphatic carbocycles. The molecule has 0 bridgehead atoms. The normalized spacial score (nSPS) is 16.1. The third kappa shape index (κ3) is 5.14. The second-order valence-electron chi connectivity index (χ2n) is 7.55. The number of benzene rings is 2.